The average Bonchev–Trinajstić information content (AvgIpc) is 2.31. The monoisotopic (exact) mass is 254 g/mol. The second-order valence-corrected chi connectivity index (χ2v) is 9.90. The van der Waals surface area contributed by atoms with Gasteiger partial charge in [-0.05, 0) is 5.54 Å². The fourth-order valence-electron chi connectivity index (χ4n) is 3.22. The van der Waals surface area contributed by atoms with E-state index >= 15 is 0 Å². The summed E-state index contributed by atoms with van der Waals surface area (Å²) < 4.78 is 0. The van der Waals surface area contributed by atoms with Crippen LogP contribution in [0.2, 0.25) is 18.6 Å². The summed E-state index contributed by atoms with van der Waals surface area (Å²) in [4.78, 5) is 0. The summed E-state index contributed by atoms with van der Waals surface area (Å²) in [5.74, 6) is 0. The molecule has 0 amide bonds. The molecule has 1 fully saturated rings. The highest BCUT2D eigenvalue weighted by atomic mass is 28.3. The van der Waals surface area contributed by atoms with Gasteiger partial charge in [0.1, 0.15) is 0 Å². The molecule has 1 rings (SSSR count). The smallest absolute Gasteiger partial charge is 0.0337 e. The molecule has 0 aromatic carbocycles. The van der Waals surface area contributed by atoms with Crippen molar-refractivity contribution in [3.05, 3.63) is 0 Å². The van der Waals surface area contributed by atoms with Crippen LogP contribution in [-0.2, 0) is 0 Å². The van der Waals surface area contributed by atoms with Crippen molar-refractivity contribution in [2.24, 2.45) is 0 Å². The van der Waals surface area contributed by atoms with Gasteiger partial charge in [0.05, 0.1) is 0 Å². The van der Waals surface area contributed by atoms with E-state index in [-0.39, 0.29) is 8.80 Å². The zero-order valence-electron chi connectivity index (χ0n) is 12.3. The third kappa shape index (κ3) is 8.02. The maximum atomic E-state index is 2.56. The Morgan fingerprint density at radius 3 is 1.12 bits per heavy atom. The van der Waals surface area contributed by atoms with Crippen LogP contribution in [0.25, 0.3) is 0 Å². The van der Waals surface area contributed by atoms with E-state index in [2.05, 4.69) is 13.1 Å². The first-order valence-electron chi connectivity index (χ1n) is 8.30. The minimum atomic E-state index is -0.382. The van der Waals surface area contributed by atoms with E-state index in [0.717, 1.165) is 5.54 Å². The van der Waals surface area contributed by atoms with Crippen molar-refractivity contribution in [1.29, 1.82) is 0 Å². The van der Waals surface area contributed by atoms with E-state index in [9.17, 15) is 0 Å². The molecule has 0 spiro atoms. The standard InChI is InChI=1S/C16H34Si/c1-17(2)16-14-12-10-8-6-4-3-5-7-9-11-13-15-16/h16-17H,3-15H2,1-2H3. The van der Waals surface area contributed by atoms with E-state index in [1.54, 1.807) is 12.8 Å². The molecular formula is C16H34Si. The quantitative estimate of drug-likeness (QED) is 0.509. The molecule has 0 aromatic rings. The SMILES string of the molecule is C[SiH](C)C1CCCCCCCCCCCCC1. The summed E-state index contributed by atoms with van der Waals surface area (Å²) in [6.07, 6.45) is 19.7. The first kappa shape index (κ1) is 15.3. The molecule has 102 valence electrons. The number of hydrogen-bond acceptors (Lipinski definition) is 0. The van der Waals surface area contributed by atoms with Gasteiger partial charge < -0.3 is 0 Å². The second kappa shape index (κ2) is 10.2. The van der Waals surface area contributed by atoms with Crippen LogP contribution < -0.4 is 0 Å². The maximum absolute atomic E-state index is 2.56. The molecule has 0 heterocycles. The molecule has 0 radical (unpaired) electrons. The van der Waals surface area contributed by atoms with Crippen molar-refractivity contribution in [2.45, 2.75) is 102 Å². The van der Waals surface area contributed by atoms with Gasteiger partial charge in [-0.25, -0.2) is 0 Å². The molecule has 1 heteroatoms. The molecule has 0 nitrogen and oxygen atoms in total. The van der Waals surface area contributed by atoms with Crippen LogP contribution in [0.3, 0.4) is 0 Å². The average molecular weight is 255 g/mol. The zero-order chi connectivity index (χ0) is 12.3. The minimum Gasteiger partial charge on any atom is -0.0720 e. The molecule has 17 heavy (non-hydrogen) atoms. The van der Waals surface area contributed by atoms with Crippen molar-refractivity contribution >= 4 is 8.80 Å². The normalized spacial score (nSPS) is 23.5. The van der Waals surface area contributed by atoms with E-state index in [1.807, 2.05) is 0 Å². The van der Waals surface area contributed by atoms with Gasteiger partial charge in [-0.15, -0.1) is 0 Å². The van der Waals surface area contributed by atoms with Crippen molar-refractivity contribution in [3.63, 3.8) is 0 Å². The van der Waals surface area contributed by atoms with E-state index in [0.29, 0.717) is 0 Å². The van der Waals surface area contributed by atoms with Gasteiger partial charge in [-0.2, -0.15) is 0 Å². The molecule has 1 saturated carbocycles. The Kier molecular flexibility index (Phi) is 9.14. The summed E-state index contributed by atoms with van der Waals surface area (Å²) in [7, 11) is -0.382. The van der Waals surface area contributed by atoms with Crippen LogP contribution in [0.5, 0.6) is 0 Å². The Labute approximate surface area is 111 Å². The lowest BCUT2D eigenvalue weighted by Gasteiger charge is -2.20. The van der Waals surface area contributed by atoms with Crippen LogP contribution in [0, 0.1) is 0 Å². The molecule has 1 aliphatic carbocycles. The highest BCUT2D eigenvalue weighted by Crippen LogP contribution is 2.27. The molecule has 0 aliphatic heterocycles. The summed E-state index contributed by atoms with van der Waals surface area (Å²) >= 11 is 0. The van der Waals surface area contributed by atoms with E-state index in [4.69, 9.17) is 0 Å². The molecule has 0 bridgehead atoms. The topological polar surface area (TPSA) is 0 Å². The number of rotatable bonds is 1. The Morgan fingerprint density at radius 2 is 0.824 bits per heavy atom. The van der Waals surface area contributed by atoms with Crippen LogP contribution in [0.4, 0.5) is 0 Å². The fraction of sp³-hybridized carbons (Fsp3) is 1.00. The minimum absolute atomic E-state index is 0.382. The van der Waals surface area contributed by atoms with Gasteiger partial charge >= 0.3 is 0 Å². The van der Waals surface area contributed by atoms with Gasteiger partial charge in [0.25, 0.3) is 0 Å². The third-order valence-corrected chi connectivity index (χ3v) is 7.14. The molecule has 0 N–H and O–H groups in total. The number of hydrogen-bond donors (Lipinski definition) is 0. The third-order valence-electron chi connectivity index (χ3n) is 4.59. The van der Waals surface area contributed by atoms with E-state index < -0.39 is 0 Å². The largest absolute Gasteiger partial charge is 0.0720 e. The highest BCUT2D eigenvalue weighted by molar-refractivity contribution is 6.57. The van der Waals surface area contributed by atoms with Gasteiger partial charge in [-0.3, -0.25) is 0 Å². The highest BCUT2D eigenvalue weighted by Gasteiger charge is 2.13. The first-order valence-corrected chi connectivity index (χ1v) is 11.3. The molecular weight excluding hydrogens is 220 g/mol. The lowest BCUT2D eigenvalue weighted by molar-refractivity contribution is 0.501. The van der Waals surface area contributed by atoms with Crippen molar-refractivity contribution in [2.75, 3.05) is 0 Å². The van der Waals surface area contributed by atoms with Crippen LogP contribution >= 0.6 is 0 Å². The predicted octanol–water partition coefficient (Wildman–Crippen LogP) is 5.93. The molecule has 0 saturated heterocycles. The van der Waals surface area contributed by atoms with Crippen LogP contribution in [-0.4, -0.2) is 8.80 Å². The lowest BCUT2D eigenvalue weighted by atomic mass is 10.0. The predicted molar refractivity (Wildman–Crippen MR) is 82.6 cm³/mol. The van der Waals surface area contributed by atoms with Gasteiger partial charge in [-0.1, -0.05) is 96.6 Å². The Bertz CT molecular complexity index is 151. The molecule has 0 aromatic heterocycles. The lowest BCUT2D eigenvalue weighted by Crippen LogP contribution is -2.12. The summed E-state index contributed by atoms with van der Waals surface area (Å²) in [6.45, 7) is 5.13. The van der Waals surface area contributed by atoms with Crippen LogP contribution in [0.1, 0.15) is 83.5 Å². The van der Waals surface area contributed by atoms with Crippen LogP contribution in [0.15, 0.2) is 0 Å². The zero-order valence-corrected chi connectivity index (χ0v) is 13.5. The maximum Gasteiger partial charge on any atom is 0.0337 e. The first-order chi connectivity index (χ1) is 8.30. The van der Waals surface area contributed by atoms with Gasteiger partial charge in [0.15, 0.2) is 0 Å². The Balaban J connectivity index is 2.24. The van der Waals surface area contributed by atoms with Crippen molar-refractivity contribution < 1.29 is 0 Å². The summed E-state index contributed by atoms with van der Waals surface area (Å²) in [5, 5.41) is 0. The van der Waals surface area contributed by atoms with Crippen molar-refractivity contribution in [1.82, 2.24) is 0 Å². The van der Waals surface area contributed by atoms with Crippen molar-refractivity contribution in [3.8, 4) is 0 Å². The molecule has 0 unspecified atom stereocenters. The second-order valence-electron chi connectivity index (χ2n) is 6.47. The van der Waals surface area contributed by atoms with Gasteiger partial charge in [0.2, 0.25) is 0 Å². The Morgan fingerprint density at radius 1 is 0.529 bits per heavy atom. The van der Waals surface area contributed by atoms with Gasteiger partial charge in [0, 0.05) is 8.80 Å². The molecule has 1 aliphatic rings. The fourth-order valence-corrected chi connectivity index (χ4v) is 5.02. The molecule has 0 atom stereocenters. The summed E-state index contributed by atoms with van der Waals surface area (Å²) in [6, 6.07) is 0. The van der Waals surface area contributed by atoms with E-state index in [1.165, 1.54) is 70.6 Å². The summed E-state index contributed by atoms with van der Waals surface area (Å²) in [5.41, 5.74) is 1.15. The Hall–Kier alpha value is 0.217.